The lowest BCUT2D eigenvalue weighted by Gasteiger charge is -2.11. The van der Waals surface area contributed by atoms with Gasteiger partial charge < -0.3 is 0 Å². The Morgan fingerprint density at radius 3 is 3.05 bits per heavy atom. The zero-order valence-corrected chi connectivity index (χ0v) is 10.8. The van der Waals surface area contributed by atoms with Gasteiger partial charge in [-0.25, -0.2) is 15.3 Å². The lowest BCUT2D eigenvalue weighted by Crippen LogP contribution is -2.31. The van der Waals surface area contributed by atoms with E-state index in [1.165, 1.54) is 0 Å². The zero-order chi connectivity index (χ0) is 14.4. The van der Waals surface area contributed by atoms with Crippen molar-refractivity contribution in [1.82, 2.24) is 20.6 Å². The molecule has 0 bridgehead atoms. The van der Waals surface area contributed by atoms with E-state index in [4.69, 9.17) is 0 Å². The number of carbonyl (C=O) groups excluding carboxylic acids is 1. The van der Waals surface area contributed by atoms with E-state index < -0.39 is 17.2 Å². The van der Waals surface area contributed by atoms with Gasteiger partial charge in [0.1, 0.15) is 5.69 Å². The number of hydrogen-bond donors (Lipinski definition) is 3. The second-order valence-corrected chi connectivity index (χ2v) is 4.49. The molecule has 1 amide bonds. The molecule has 1 atom stereocenters. The van der Waals surface area contributed by atoms with Crippen molar-refractivity contribution in [3.05, 3.63) is 38.7 Å². The van der Waals surface area contributed by atoms with Crippen LogP contribution in [0.5, 0.6) is 0 Å². The van der Waals surface area contributed by atoms with Gasteiger partial charge in [-0.3, -0.25) is 14.6 Å². The number of hydrogen-bond acceptors (Lipinski definition) is 5. The third kappa shape index (κ3) is 4.01. The number of aromatic nitrogens is 3. The molecule has 8 nitrogen and oxygen atoms in total. The van der Waals surface area contributed by atoms with Crippen LogP contribution >= 0.6 is 0 Å². The van der Waals surface area contributed by atoms with E-state index in [1.807, 2.05) is 4.98 Å². The summed E-state index contributed by atoms with van der Waals surface area (Å²) in [4.78, 5) is 35.7. The maximum Gasteiger partial charge on any atom is 0.342 e. The Hall–Kier alpha value is -2.51. The normalized spacial score (nSPS) is 18.3. The van der Waals surface area contributed by atoms with Gasteiger partial charge in [0.05, 0.1) is 6.42 Å². The van der Waals surface area contributed by atoms with Gasteiger partial charge in [0.2, 0.25) is 5.91 Å². The third-order valence-corrected chi connectivity index (χ3v) is 2.89. The number of aromatic amines is 2. The highest BCUT2D eigenvalue weighted by Crippen LogP contribution is 2.15. The van der Waals surface area contributed by atoms with Crippen LogP contribution in [0.3, 0.4) is 0 Å². The summed E-state index contributed by atoms with van der Waals surface area (Å²) in [6, 6.07) is 0. The van der Waals surface area contributed by atoms with Crippen LogP contribution in [0, 0.1) is 5.92 Å². The number of nitrogens with zero attached hydrogens (tertiary/aromatic N) is 2. The Morgan fingerprint density at radius 1 is 1.50 bits per heavy atom. The maximum atomic E-state index is 11.6. The van der Waals surface area contributed by atoms with Gasteiger partial charge >= 0.3 is 5.69 Å². The molecule has 1 heterocycles. The van der Waals surface area contributed by atoms with Gasteiger partial charge in [0, 0.05) is 6.21 Å². The lowest BCUT2D eigenvalue weighted by molar-refractivity contribution is -0.120. The number of amides is 1. The van der Waals surface area contributed by atoms with Crippen molar-refractivity contribution < 1.29 is 4.79 Å². The highest BCUT2D eigenvalue weighted by molar-refractivity contribution is 5.78. The molecule has 0 fully saturated rings. The van der Waals surface area contributed by atoms with Gasteiger partial charge in [-0.1, -0.05) is 12.2 Å². The second kappa shape index (κ2) is 6.60. The van der Waals surface area contributed by atoms with Crippen molar-refractivity contribution in [3.8, 4) is 0 Å². The molecule has 1 aromatic heterocycles. The molecule has 20 heavy (non-hydrogen) atoms. The first kappa shape index (κ1) is 13.9. The number of nitrogens with one attached hydrogen (secondary N) is 3. The SMILES string of the molecule is O=C(Cc1n[nH]c(=O)[nH]c1=O)N/N=C\[C@@H]1CC=CCC1. The van der Waals surface area contributed by atoms with Crippen LogP contribution in [-0.2, 0) is 11.2 Å². The maximum absolute atomic E-state index is 11.6. The van der Waals surface area contributed by atoms with Gasteiger partial charge in [0.15, 0.2) is 0 Å². The monoisotopic (exact) mass is 277 g/mol. The molecule has 8 heteroatoms. The first-order valence-corrected chi connectivity index (χ1v) is 6.30. The van der Waals surface area contributed by atoms with Crippen LogP contribution in [0.15, 0.2) is 26.8 Å². The van der Waals surface area contributed by atoms with Crippen molar-refractivity contribution in [2.45, 2.75) is 25.7 Å². The minimum absolute atomic E-state index is 0.0575. The van der Waals surface area contributed by atoms with Crippen molar-refractivity contribution in [2.24, 2.45) is 11.0 Å². The largest absolute Gasteiger partial charge is 0.342 e. The van der Waals surface area contributed by atoms with Crippen molar-refractivity contribution >= 4 is 12.1 Å². The summed E-state index contributed by atoms with van der Waals surface area (Å²) in [5.41, 5.74) is 0.903. The first-order chi connectivity index (χ1) is 9.65. The molecule has 1 aliphatic carbocycles. The highest BCUT2D eigenvalue weighted by atomic mass is 16.2. The fourth-order valence-corrected chi connectivity index (χ4v) is 1.85. The molecule has 0 spiro atoms. The van der Waals surface area contributed by atoms with Crippen LogP contribution < -0.4 is 16.7 Å². The summed E-state index contributed by atoms with van der Waals surface area (Å²) in [7, 11) is 0. The van der Waals surface area contributed by atoms with Crippen LogP contribution in [0.25, 0.3) is 0 Å². The summed E-state index contributed by atoms with van der Waals surface area (Å²) >= 11 is 0. The fraction of sp³-hybridized carbons (Fsp3) is 0.417. The Labute approximate surface area is 114 Å². The van der Waals surface area contributed by atoms with E-state index in [2.05, 4.69) is 32.9 Å². The average Bonchev–Trinajstić information content (AvgIpc) is 2.43. The quantitative estimate of drug-likeness (QED) is 0.389. The van der Waals surface area contributed by atoms with Crippen molar-refractivity contribution in [2.75, 3.05) is 0 Å². The second-order valence-electron chi connectivity index (χ2n) is 4.49. The standard InChI is InChI=1S/C12H15N5O3/c18-10(6-9-11(19)14-12(20)17-15-9)16-13-7-8-4-2-1-3-5-8/h1-2,7-8H,3-6H2,(H,16,18)(H2,14,17,19,20)/b13-7-/t8-/m1/s1. The van der Waals surface area contributed by atoms with Crippen molar-refractivity contribution in [3.63, 3.8) is 0 Å². The smallest absolute Gasteiger partial charge is 0.273 e. The van der Waals surface area contributed by atoms with Crippen LogP contribution in [-0.4, -0.2) is 27.3 Å². The van der Waals surface area contributed by atoms with Gasteiger partial charge in [0.25, 0.3) is 5.56 Å². The summed E-state index contributed by atoms with van der Waals surface area (Å²) in [6.07, 6.45) is 8.61. The molecule has 0 saturated heterocycles. The fourth-order valence-electron chi connectivity index (χ4n) is 1.85. The van der Waals surface area contributed by atoms with Crippen LogP contribution in [0.2, 0.25) is 0 Å². The average molecular weight is 277 g/mol. The number of allylic oxidation sites excluding steroid dienone is 2. The van der Waals surface area contributed by atoms with Gasteiger partial charge in [-0.05, 0) is 25.2 Å². The molecule has 3 N–H and O–H groups in total. The van der Waals surface area contributed by atoms with E-state index in [0.717, 1.165) is 19.3 Å². The molecule has 1 aliphatic rings. The molecule has 0 radical (unpaired) electrons. The molecular weight excluding hydrogens is 262 g/mol. The van der Waals surface area contributed by atoms with E-state index in [0.29, 0.717) is 5.92 Å². The molecule has 0 saturated carbocycles. The van der Waals surface area contributed by atoms with E-state index >= 15 is 0 Å². The predicted molar refractivity (Wildman–Crippen MR) is 72.3 cm³/mol. The topological polar surface area (TPSA) is 120 Å². The highest BCUT2D eigenvalue weighted by Gasteiger charge is 2.09. The molecule has 0 aromatic carbocycles. The van der Waals surface area contributed by atoms with Crippen LogP contribution in [0.1, 0.15) is 25.0 Å². The molecule has 1 aromatic rings. The molecule has 0 aliphatic heterocycles. The van der Waals surface area contributed by atoms with Crippen molar-refractivity contribution in [1.29, 1.82) is 0 Å². The van der Waals surface area contributed by atoms with E-state index in [-0.39, 0.29) is 12.1 Å². The molecule has 2 rings (SSSR count). The third-order valence-electron chi connectivity index (χ3n) is 2.89. The van der Waals surface area contributed by atoms with Crippen LogP contribution in [0.4, 0.5) is 0 Å². The lowest BCUT2D eigenvalue weighted by atomic mass is 9.96. The van der Waals surface area contributed by atoms with E-state index in [9.17, 15) is 14.4 Å². The molecule has 0 unspecified atom stereocenters. The zero-order valence-electron chi connectivity index (χ0n) is 10.8. The Morgan fingerprint density at radius 2 is 2.35 bits per heavy atom. The molecular formula is C12H15N5O3. The minimum atomic E-state index is -0.706. The minimum Gasteiger partial charge on any atom is -0.273 e. The number of H-pyrrole nitrogens is 2. The summed E-state index contributed by atoms with van der Waals surface area (Å²) in [5, 5.41) is 9.45. The van der Waals surface area contributed by atoms with Gasteiger partial charge in [-0.15, -0.1) is 0 Å². The number of carbonyl (C=O) groups is 1. The summed E-state index contributed by atoms with van der Waals surface area (Å²) in [6.45, 7) is 0. The number of hydrazone groups is 1. The Bertz CT molecular complexity index is 643. The molecule has 106 valence electrons. The Kier molecular flexibility index (Phi) is 4.59. The van der Waals surface area contributed by atoms with E-state index in [1.54, 1.807) is 6.21 Å². The Balaban J connectivity index is 1.86. The predicted octanol–water partition coefficient (Wildman–Crippen LogP) is -0.541. The number of rotatable bonds is 4. The van der Waals surface area contributed by atoms with Gasteiger partial charge in [-0.2, -0.15) is 10.2 Å². The first-order valence-electron chi connectivity index (χ1n) is 6.30. The summed E-state index contributed by atoms with van der Waals surface area (Å²) in [5.74, 6) is -0.132. The summed E-state index contributed by atoms with van der Waals surface area (Å²) < 4.78 is 0.